The van der Waals surface area contributed by atoms with Gasteiger partial charge in [-0.05, 0) is 30.7 Å². The maximum absolute atomic E-state index is 12.3. The van der Waals surface area contributed by atoms with Gasteiger partial charge in [-0.3, -0.25) is 9.78 Å². The van der Waals surface area contributed by atoms with E-state index in [1.807, 2.05) is 4.90 Å². The summed E-state index contributed by atoms with van der Waals surface area (Å²) in [5.41, 5.74) is 1.39. The number of hydrogen-bond donors (Lipinski definition) is 1. The second-order valence-electron chi connectivity index (χ2n) is 5.96. The summed E-state index contributed by atoms with van der Waals surface area (Å²) in [5, 5.41) is 3.03. The van der Waals surface area contributed by atoms with Gasteiger partial charge in [0.25, 0.3) is 0 Å². The lowest BCUT2D eigenvalue weighted by Crippen LogP contribution is -2.41. The zero-order valence-electron chi connectivity index (χ0n) is 13.2. The highest BCUT2D eigenvalue weighted by molar-refractivity contribution is 5.80. The van der Waals surface area contributed by atoms with E-state index in [0.29, 0.717) is 11.7 Å². The highest BCUT2D eigenvalue weighted by atomic mass is 16.2. The third-order valence-corrected chi connectivity index (χ3v) is 4.32. The summed E-state index contributed by atoms with van der Waals surface area (Å²) >= 11 is 0. The number of nitrogens with zero attached hydrogens (tertiary/aromatic N) is 3. The van der Waals surface area contributed by atoms with Crippen molar-refractivity contribution in [1.29, 1.82) is 0 Å². The van der Waals surface area contributed by atoms with Crippen molar-refractivity contribution in [1.82, 2.24) is 14.9 Å². The van der Waals surface area contributed by atoms with E-state index >= 15 is 0 Å². The number of hydrogen-bond acceptors (Lipinski definition) is 4. The van der Waals surface area contributed by atoms with Gasteiger partial charge in [-0.15, -0.1) is 0 Å². The Morgan fingerprint density at radius 1 is 1.17 bits per heavy atom. The molecule has 2 heterocycles. The maximum Gasteiger partial charge on any atom is 0.241 e. The molecule has 1 saturated heterocycles. The Hall–Kier alpha value is -2.43. The Kier molecular flexibility index (Phi) is 5.19. The zero-order valence-corrected chi connectivity index (χ0v) is 13.2. The van der Waals surface area contributed by atoms with Crippen LogP contribution >= 0.6 is 0 Å². The minimum Gasteiger partial charge on any atom is -0.360 e. The fraction of sp³-hybridized carbons (Fsp3) is 0.389. The van der Waals surface area contributed by atoms with Crippen LogP contribution in [0.4, 0.5) is 5.82 Å². The first-order valence-electron chi connectivity index (χ1n) is 8.13. The molecule has 0 atom stereocenters. The fourth-order valence-electron chi connectivity index (χ4n) is 3.00. The lowest BCUT2D eigenvalue weighted by atomic mass is 9.90. The third-order valence-electron chi connectivity index (χ3n) is 4.32. The van der Waals surface area contributed by atoms with Gasteiger partial charge < -0.3 is 10.2 Å². The van der Waals surface area contributed by atoms with Gasteiger partial charge in [0.05, 0.1) is 12.7 Å². The summed E-state index contributed by atoms with van der Waals surface area (Å²) in [4.78, 5) is 22.3. The molecule has 5 heteroatoms. The molecule has 1 amide bonds. The van der Waals surface area contributed by atoms with Crippen molar-refractivity contribution in [2.75, 3.05) is 25.0 Å². The topological polar surface area (TPSA) is 58.1 Å². The minimum absolute atomic E-state index is 0.133. The summed E-state index contributed by atoms with van der Waals surface area (Å²) in [6.45, 7) is 1.97. The van der Waals surface area contributed by atoms with Crippen LogP contribution in [0.1, 0.15) is 18.4 Å². The van der Waals surface area contributed by atoms with Crippen LogP contribution in [-0.2, 0) is 11.2 Å². The standard InChI is InChI=1S/C18H22N4O/c23-18(14-21-17-13-19-8-9-20-17)22-10-6-16(7-11-22)12-15-4-2-1-3-5-15/h1-5,8-9,13,16H,6-7,10-12,14H2,(H,20,21). The van der Waals surface area contributed by atoms with Crippen LogP contribution in [0.5, 0.6) is 0 Å². The zero-order chi connectivity index (χ0) is 15.9. The first-order valence-corrected chi connectivity index (χ1v) is 8.13. The lowest BCUT2D eigenvalue weighted by Gasteiger charge is -2.32. The normalized spacial score (nSPS) is 15.4. The predicted molar refractivity (Wildman–Crippen MR) is 90.0 cm³/mol. The maximum atomic E-state index is 12.3. The van der Waals surface area contributed by atoms with Crippen LogP contribution in [0.2, 0.25) is 0 Å². The number of likely N-dealkylation sites (tertiary alicyclic amines) is 1. The lowest BCUT2D eigenvalue weighted by molar-refractivity contribution is -0.130. The Balaban J connectivity index is 1.42. The number of carbonyl (C=O) groups is 1. The molecule has 1 aliphatic heterocycles. The van der Waals surface area contributed by atoms with Gasteiger partial charge in [-0.1, -0.05) is 30.3 Å². The average Bonchev–Trinajstić information content (AvgIpc) is 2.62. The average molecular weight is 310 g/mol. The van der Waals surface area contributed by atoms with E-state index in [4.69, 9.17) is 0 Å². The van der Waals surface area contributed by atoms with E-state index in [1.54, 1.807) is 18.6 Å². The van der Waals surface area contributed by atoms with Crippen molar-refractivity contribution in [3.63, 3.8) is 0 Å². The molecule has 5 nitrogen and oxygen atoms in total. The second kappa shape index (κ2) is 7.72. The highest BCUT2D eigenvalue weighted by Crippen LogP contribution is 2.21. The van der Waals surface area contributed by atoms with Gasteiger partial charge in [-0.25, -0.2) is 4.98 Å². The predicted octanol–water partition coefficient (Wildman–Crippen LogP) is 2.37. The molecule has 1 aromatic carbocycles. The van der Waals surface area contributed by atoms with Crippen molar-refractivity contribution in [3.05, 3.63) is 54.5 Å². The number of benzene rings is 1. The largest absolute Gasteiger partial charge is 0.360 e. The summed E-state index contributed by atoms with van der Waals surface area (Å²) in [5.74, 6) is 1.45. The van der Waals surface area contributed by atoms with E-state index in [2.05, 4.69) is 45.6 Å². The number of carbonyl (C=O) groups excluding carboxylic acids is 1. The molecule has 0 bridgehead atoms. The monoisotopic (exact) mass is 310 g/mol. The Labute approximate surface area is 136 Å². The molecule has 0 spiro atoms. The first-order chi connectivity index (χ1) is 11.3. The first kappa shape index (κ1) is 15.5. The van der Waals surface area contributed by atoms with Crippen molar-refractivity contribution in [2.24, 2.45) is 5.92 Å². The number of anilines is 1. The Bertz CT molecular complexity index is 609. The van der Waals surface area contributed by atoms with Gasteiger partial charge >= 0.3 is 0 Å². The SMILES string of the molecule is O=C(CNc1cnccn1)N1CCC(Cc2ccccc2)CC1. The van der Waals surface area contributed by atoms with Crippen LogP contribution in [0.15, 0.2) is 48.9 Å². The smallest absolute Gasteiger partial charge is 0.241 e. The molecule has 2 aromatic rings. The van der Waals surface area contributed by atoms with Crippen molar-refractivity contribution < 1.29 is 4.79 Å². The molecule has 0 aliphatic carbocycles. The molecule has 1 fully saturated rings. The van der Waals surface area contributed by atoms with E-state index in [0.717, 1.165) is 32.4 Å². The molecule has 1 aromatic heterocycles. The van der Waals surface area contributed by atoms with Crippen LogP contribution < -0.4 is 5.32 Å². The fourth-order valence-corrected chi connectivity index (χ4v) is 3.00. The number of piperidine rings is 1. The molecule has 1 aliphatic rings. The molecular weight excluding hydrogens is 288 g/mol. The minimum atomic E-state index is 0.133. The van der Waals surface area contributed by atoms with E-state index < -0.39 is 0 Å². The molecule has 1 N–H and O–H groups in total. The summed E-state index contributed by atoms with van der Waals surface area (Å²) in [6, 6.07) is 10.6. The third kappa shape index (κ3) is 4.52. The van der Waals surface area contributed by atoms with Crippen molar-refractivity contribution in [2.45, 2.75) is 19.3 Å². The van der Waals surface area contributed by atoms with Crippen LogP contribution in [0, 0.1) is 5.92 Å². The van der Waals surface area contributed by atoms with Crippen LogP contribution in [-0.4, -0.2) is 40.4 Å². The van der Waals surface area contributed by atoms with E-state index in [1.165, 1.54) is 5.56 Å². The quantitative estimate of drug-likeness (QED) is 0.921. The van der Waals surface area contributed by atoms with Crippen LogP contribution in [0.3, 0.4) is 0 Å². The molecule has 0 saturated carbocycles. The van der Waals surface area contributed by atoms with E-state index in [9.17, 15) is 4.79 Å². The van der Waals surface area contributed by atoms with Gasteiger partial charge in [0.1, 0.15) is 5.82 Å². The van der Waals surface area contributed by atoms with Crippen molar-refractivity contribution >= 4 is 11.7 Å². The molecule has 0 unspecified atom stereocenters. The highest BCUT2D eigenvalue weighted by Gasteiger charge is 2.22. The Morgan fingerprint density at radius 2 is 1.96 bits per heavy atom. The Morgan fingerprint density at radius 3 is 2.65 bits per heavy atom. The number of aromatic nitrogens is 2. The summed E-state index contributed by atoms with van der Waals surface area (Å²) in [6.07, 6.45) is 8.12. The summed E-state index contributed by atoms with van der Waals surface area (Å²) < 4.78 is 0. The molecule has 120 valence electrons. The van der Waals surface area contributed by atoms with E-state index in [-0.39, 0.29) is 12.5 Å². The molecule has 0 radical (unpaired) electrons. The number of nitrogens with one attached hydrogen (secondary N) is 1. The summed E-state index contributed by atoms with van der Waals surface area (Å²) in [7, 11) is 0. The van der Waals surface area contributed by atoms with Crippen molar-refractivity contribution in [3.8, 4) is 0 Å². The second-order valence-corrected chi connectivity index (χ2v) is 5.96. The number of amides is 1. The van der Waals surface area contributed by atoms with Crippen LogP contribution in [0.25, 0.3) is 0 Å². The number of rotatable bonds is 5. The van der Waals surface area contributed by atoms with Gasteiger partial charge in [0.15, 0.2) is 0 Å². The molecular formula is C18H22N4O. The van der Waals surface area contributed by atoms with Gasteiger partial charge in [0, 0.05) is 25.5 Å². The molecule has 23 heavy (non-hydrogen) atoms. The molecule has 3 rings (SSSR count). The van der Waals surface area contributed by atoms with Gasteiger partial charge in [0.2, 0.25) is 5.91 Å². The van der Waals surface area contributed by atoms with Gasteiger partial charge in [-0.2, -0.15) is 0 Å².